The molecule has 0 unspecified atom stereocenters. The van der Waals surface area contributed by atoms with Gasteiger partial charge in [0.2, 0.25) is 0 Å². The Kier molecular flexibility index (Phi) is 3.07. The van der Waals surface area contributed by atoms with Gasteiger partial charge in [0.25, 0.3) is 0 Å². The number of aromatic carboxylic acids is 1. The number of nitrogens with zero attached hydrogens (tertiary/aromatic N) is 1. The number of fused-ring (bicyclic) bond motifs is 1. The van der Waals surface area contributed by atoms with E-state index in [4.69, 9.17) is 0 Å². The molecule has 0 aliphatic heterocycles. The molecule has 1 aromatic carbocycles. The van der Waals surface area contributed by atoms with Crippen molar-refractivity contribution in [3.05, 3.63) is 35.9 Å². The Bertz CT molecular complexity index is 619. The van der Waals surface area contributed by atoms with Crippen LogP contribution in [0.5, 0.6) is 0 Å². The quantitative estimate of drug-likeness (QED) is 0.884. The molecule has 0 atom stereocenters. The summed E-state index contributed by atoms with van der Waals surface area (Å²) in [6.45, 7) is 0. The first-order chi connectivity index (χ1) is 9.24. The molecule has 0 spiro atoms. The highest BCUT2D eigenvalue weighted by molar-refractivity contribution is 5.98. The lowest BCUT2D eigenvalue weighted by Gasteiger charge is -2.15. The molecule has 0 bridgehead atoms. The molecule has 3 rings (SSSR count). The third kappa shape index (κ3) is 2.38. The molecule has 19 heavy (non-hydrogen) atoms. The average molecular weight is 256 g/mol. The van der Waals surface area contributed by atoms with E-state index in [0.717, 1.165) is 23.7 Å². The molecule has 1 aliphatic carbocycles. The predicted octanol–water partition coefficient (Wildman–Crippen LogP) is 3.29. The van der Waals surface area contributed by atoms with E-state index in [1.165, 1.54) is 12.8 Å². The molecular formula is C15H16N2O2. The Morgan fingerprint density at radius 1 is 1.26 bits per heavy atom. The predicted molar refractivity (Wildman–Crippen MR) is 74.6 cm³/mol. The van der Waals surface area contributed by atoms with Crippen molar-refractivity contribution >= 4 is 22.7 Å². The van der Waals surface area contributed by atoms with E-state index < -0.39 is 5.97 Å². The summed E-state index contributed by atoms with van der Waals surface area (Å²) in [4.78, 5) is 15.8. The highest BCUT2D eigenvalue weighted by Gasteiger charge is 2.19. The largest absolute Gasteiger partial charge is 0.478 e. The zero-order valence-electron chi connectivity index (χ0n) is 10.6. The number of pyridine rings is 1. The molecule has 4 heteroatoms. The molecule has 1 fully saturated rings. The van der Waals surface area contributed by atoms with Crippen LogP contribution in [0.3, 0.4) is 0 Å². The zero-order valence-corrected chi connectivity index (χ0v) is 10.6. The monoisotopic (exact) mass is 256 g/mol. The lowest BCUT2D eigenvalue weighted by Crippen LogP contribution is -2.18. The first-order valence-corrected chi connectivity index (χ1v) is 6.63. The van der Waals surface area contributed by atoms with Crippen LogP contribution in [0.4, 0.5) is 5.82 Å². The fourth-order valence-corrected chi connectivity index (χ4v) is 2.65. The lowest BCUT2D eigenvalue weighted by atomic mass is 10.1. The zero-order chi connectivity index (χ0) is 13.2. The summed E-state index contributed by atoms with van der Waals surface area (Å²) in [6, 6.07) is 9.64. The van der Waals surface area contributed by atoms with Crippen molar-refractivity contribution in [2.45, 2.75) is 31.7 Å². The topological polar surface area (TPSA) is 62.2 Å². The van der Waals surface area contributed by atoms with Crippen molar-refractivity contribution in [2.75, 3.05) is 5.32 Å². The van der Waals surface area contributed by atoms with Crippen molar-refractivity contribution in [2.24, 2.45) is 0 Å². The number of para-hydroxylation sites is 1. The molecule has 1 aliphatic rings. The van der Waals surface area contributed by atoms with Gasteiger partial charge in [0.15, 0.2) is 0 Å². The Balaban J connectivity index is 2.04. The molecule has 1 saturated carbocycles. The van der Waals surface area contributed by atoms with Gasteiger partial charge in [0.1, 0.15) is 11.4 Å². The minimum atomic E-state index is -0.932. The summed E-state index contributed by atoms with van der Waals surface area (Å²) in [6.07, 6.45) is 4.59. The van der Waals surface area contributed by atoms with E-state index in [-0.39, 0.29) is 5.56 Å². The molecule has 4 nitrogen and oxygen atoms in total. The second kappa shape index (κ2) is 4.88. The van der Waals surface area contributed by atoms with Crippen molar-refractivity contribution < 1.29 is 9.90 Å². The van der Waals surface area contributed by atoms with Crippen molar-refractivity contribution in [1.82, 2.24) is 4.98 Å². The SMILES string of the molecule is O=C(O)c1cc2ccccc2nc1NC1CCCC1. The number of carbonyl (C=O) groups is 1. The Labute approximate surface area is 111 Å². The number of rotatable bonds is 3. The van der Waals surface area contributed by atoms with Gasteiger partial charge in [0.05, 0.1) is 5.52 Å². The molecule has 1 heterocycles. The second-order valence-electron chi connectivity index (χ2n) is 5.01. The standard InChI is InChI=1S/C15H16N2O2/c18-15(19)12-9-10-5-1-4-8-13(10)17-14(12)16-11-6-2-3-7-11/h1,4-5,8-9,11H,2-3,6-7H2,(H,16,17)(H,18,19). The van der Waals surface area contributed by atoms with E-state index in [1.54, 1.807) is 6.07 Å². The van der Waals surface area contributed by atoms with Crippen LogP contribution in [-0.2, 0) is 0 Å². The second-order valence-corrected chi connectivity index (χ2v) is 5.01. The molecule has 0 saturated heterocycles. The number of hydrogen-bond donors (Lipinski definition) is 2. The maximum atomic E-state index is 11.4. The smallest absolute Gasteiger partial charge is 0.339 e. The summed E-state index contributed by atoms with van der Waals surface area (Å²) in [5.74, 6) is -0.433. The van der Waals surface area contributed by atoms with Crippen LogP contribution in [-0.4, -0.2) is 22.1 Å². The molecule has 0 radical (unpaired) electrons. The first-order valence-electron chi connectivity index (χ1n) is 6.63. The third-order valence-electron chi connectivity index (χ3n) is 3.65. The van der Waals surface area contributed by atoms with Gasteiger partial charge in [-0.1, -0.05) is 31.0 Å². The van der Waals surface area contributed by atoms with Crippen LogP contribution in [0, 0.1) is 0 Å². The normalized spacial score (nSPS) is 15.8. The van der Waals surface area contributed by atoms with Crippen LogP contribution >= 0.6 is 0 Å². The molecule has 2 N–H and O–H groups in total. The van der Waals surface area contributed by atoms with Gasteiger partial charge < -0.3 is 10.4 Å². The maximum absolute atomic E-state index is 11.4. The molecule has 98 valence electrons. The van der Waals surface area contributed by atoms with E-state index in [2.05, 4.69) is 10.3 Å². The number of aromatic nitrogens is 1. The van der Waals surface area contributed by atoms with Gasteiger partial charge in [-0.25, -0.2) is 9.78 Å². The number of carboxylic acid groups (broad SMARTS) is 1. The average Bonchev–Trinajstić information content (AvgIpc) is 2.90. The maximum Gasteiger partial charge on any atom is 0.339 e. The molecule has 0 amide bonds. The molecule has 1 aromatic heterocycles. The summed E-state index contributed by atoms with van der Waals surface area (Å²) in [5, 5.41) is 13.5. The number of nitrogens with one attached hydrogen (secondary N) is 1. The van der Waals surface area contributed by atoms with Gasteiger partial charge in [-0.3, -0.25) is 0 Å². The Morgan fingerprint density at radius 2 is 2.00 bits per heavy atom. The number of carboxylic acids is 1. The number of benzene rings is 1. The van der Waals surface area contributed by atoms with Crippen LogP contribution < -0.4 is 5.32 Å². The minimum Gasteiger partial charge on any atom is -0.478 e. The molecular weight excluding hydrogens is 240 g/mol. The van der Waals surface area contributed by atoms with Gasteiger partial charge >= 0.3 is 5.97 Å². The van der Waals surface area contributed by atoms with E-state index in [0.29, 0.717) is 11.9 Å². The summed E-state index contributed by atoms with van der Waals surface area (Å²) in [5.41, 5.74) is 1.08. The third-order valence-corrected chi connectivity index (χ3v) is 3.65. The van der Waals surface area contributed by atoms with Crippen molar-refractivity contribution in [1.29, 1.82) is 0 Å². The Hall–Kier alpha value is -2.10. The fraction of sp³-hybridized carbons (Fsp3) is 0.333. The highest BCUT2D eigenvalue weighted by Crippen LogP contribution is 2.25. The molecule has 2 aromatic rings. The number of anilines is 1. The fourth-order valence-electron chi connectivity index (χ4n) is 2.65. The highest BCUT2D eigenvalue weighted by atomic mass is 16.4. The number of hydrogen-bond acceptors (Lipinski definition) is 3. The van der Waals surface area contributed by atoms with Gasteiger partial charge in [-0.05, 0) is 25.0 Å². The van der Waals surface area contributed by atoms with Gasteiger partial charge in [-0.15, -0.1) is 0 Å². The van der Waals surface area contributed by atoms with E-state index in [1.807, 2.05) is 24.3 Å². The van der Waals surface area contributed by atoms with Crippen LogP contribution in [0.1, 0.15) is 36.0 Å². The van der Waals surface area contributed by atoms with Crippen molar-refractivity contribution in [3.63, 3.8) is 0 Å². The van der Waals surface area contributed by atoms with E-state index in [9.17, 15) is 9.90 Å². The first kappa shape index (κ1) is 12.0. The lowest BCUT2D eigenvalue weighted by molar-refractivity contribution is 0.0697. The van der Waals surface area contributed by atoms with Crippen LogP contribution in [0.25, 0.3) is 10.9 Å². The minimum absolute atomic E-state index is 0.255. The van der Waals surface area contributed by atoms with Gasteiger partial charge in [0, 0.05) is 11.4 Å². The summed E-state index contributed by atoms with van der Waals surface area (Å²) in [7, 11) is 0. The summed E-state index contributed by atoms with van der Waals surface area (Å²) >= 11 is 0. The van der Waals surface area contributed by atoms with Gasteiger partial charge in [-0.2, -0.15) is 0 Å². The Morgan fingerprint density at radius 3 is 2.74 bits per heavy atom. The van der Waals surface area contributed by atoms with E-state index >= 15 is 0 Å². The van der Waals surface area contributed by atoms with Crippen LogP contribution in [0.15, 0.2) is 30.3 Å². The summed E-state index contributed by atoms with van der Waals surface area (Å²) < 4.78 is 0. The van der Waals surface area contributed by atoms with Crippen LogP contribution in [0.2, 0.25) is 0 Å². The van der Waals surface area contributed by atoms with Crippen molar-refractivity contribution in [3.8, 4) is 0 Å².